The quantitative estimate of drug-likeness (QED) is 0.786. The molecule has 100 valence electrons. The molecule has 0 heterocycles. The van der Waals surface area contributed by atoms with E-state index in [1.165, 1.54) is 17.5 Å². The van der Waals surface area contributed by atoms with Crippen LogP contribution in [0.15, 0.2) is 18.2 Å². The Labute approximate surface area is 108 Å². The first-order valence-corrected chi connectivity index (χ1v) is 6.35. The Morgan fingerprint density at radius 1 is 1.39 bits per heavy atom. The summed E-state index contributed by atoms with van der Waals surface area (Å²) in [5.41, 5.74) is 2.52. The van der Waals surface area contributed by atoms with Crippen LogP contribution in [0.2, 0.25) is 0 Å². The summed E-state index contributed by atoms with van der Waals surface area (Å²) in [5.74, 6) is 0.331. The first-order chi connectivity index (χ1) is 8.74. The van der Waals surface area contributed by atoms with E-state index in [9.17, 15) is 5.11 Å². The Morgan fingerprint density at radius 2 is 2.17 bits per heavy atom. The van der Waals surface area contributed by atoms with Crippen molar-refractivity contribution in [1.82, 2.24) is 5.32 Å². The number of hydrogen-bond donors (Lipinski definition) is 2. The molecule has 0 saturated carbocycles. The van der Waals surface area contributed by atoms with Crippen LogP contribution in [-0.2, 0) is 15.9 Å². The van der Waals surface area contributed by atoms with E-state index in [1.807, 2.05) is 12.1 Å². The zero-order chi connectivity index (χ0) is 13.0. The summed E-state index contributed by atoms with van der Waals surface area (Å²) in [5, 5.41) is 13.0. The van der Waals surface area contributed by atoms with Gasteiger partial charge in [0, 0.05) is 26.8 Å². The van der Waals surface area contributed by atoms with Crippen molar-refractivity contribution in [2.75, 3.05) is 20.8 Å². The van der Waals surface area contributed by atoms with Gasteiger partial charge in [-0.1, -0.05) is 6.07 Å². The van der Waals surface area contributed by atoms with Crippen LogP contribution in [0, 0.1) is 0 Å². The molecule has 2 N–H and O–H groups in total. The Bertz CT molecular complexity index is 391. The lowest BCUT2D eigenvalue weighted by atomic mass is 9.87. The van der Waals surface area contributed by atoms with Gasteiger partial charge in [-0.05, 0) is 42.5 Å². The average Bonchev–Trinajstić information content (AvgIpc) is 2.40. The Kier molecular flexibility index (Phi) is 4.58. The molecule has 2 rings (SSSR count). The summed E-state index contributed by atoms with van der Waals surface area (Å²) in [6, 6.07) is 5.91. The van der Waals surface area contributed by atoms with Gasteiger partial charge in [-0.25, -0.2) is 0 Å². The highest BCUT2D eigenvalue weighted by Crippen LogP contribution is 2.32. The molecule has 4 heteroatoms. The van der Waals surface area contributed by atoms with Gasteiger partial charge in [0.1, 0.15) is 5.75 Å². The third-order valence-corrected chi connectivity index (χ3v) is 3.50. The molecule has 0 amide bonds. The van der Waals surface area contributed by atoms with Crippen molar-refractivity contribution in [3.05, 3.63) is 29.3 Å². The molecule has 0 aromatic heterocycles. The lowest BCUT2D eigenvalue weighted by molar-refractivity contribution is -0.100. The molecule has 4 nitrogen and oxygen atoms in total. The van der Waals surface area contributed by atoms with Crippen molar-refractivity contribution in [3.8, 4) is 5.75 Å². The van der Waals surface area contributed by atoms with Gasteiger partial charge in [-0.15, -0.1) is 0 Å². The van der Waals surface area contributed by atoms with E-state index in [0.717, 1.165) is 12.8 Å². The van der Waals surface area contributed by atoms with Gasteiger partial charge < -0.3 is 19.9 Å². The number of hydrogen-bond acceptors (Lipinski definition) is 4. The van der Waals surface area contributed by atoms with Gasteiger partial charge in [-0.2, -0.15) is 0 Å². The zero-order valence-corrected chi connectivity index (χ0v) is 11.0. The second-order valence-electron chi connectivity index (χ2n) is 4.64. The highest BCUT2D eigenvalue weighted by atomic mass is 16.7. The van der Waals surface area contributed by atoms with Crippen molar-refractivity contribution in [1.29, 1.82) is 0 Å². The molecule has 0 saturated heterocycles. The first-order valence-electron chi connectivity index (χ1n) is 6.35. The van der Waals surface area contributed by atoms with E-state index < -0.39 is 0 Å². The smallest absolute Gasteiger partial charge is 0.169 e. The number of methoxy groups -OCH3 is 2. The number of fused-ring (bicyclic) bond motifs is 1. The fourth-order valence-electron chi connectivity index (χ4n) is 2.50. The average molecular weight is 251 g/mol. The van der Waals surface area contributed by atoms with Crippen LogP contribution in [-0.4, -0.2) is 32.2 Å². The maximum absolute atomic E-state index is 9.60. The summed E-state index contributed by atoms with van der Waals surface area (Å²) in [6.07, 6.45) is 3.11. The fourth-order valence-corrected chi connectivity index (χ4v) is 2.50. The molecular formula is C14H21NO3. The minimum absolute atomic E-state index is 0.229. The Balaban J connectivity index is 2.05. The molecule has 1 unspecified atom stereocenters. The monoisotopic (exact) mass is 251 g/mol. The largest absolute Gasteiger partial charge is 0.508 e. The summed E-state index contributed by atoms with van der Waals surface area (Å²) in [7, 11) is 3.27. The lowest BCUT2D eigenvalue weighted by Crippen LogP contribution is -2.34. The molecule has 0 fully saturated rings. The number of aromatic hydroxyl groups is 1. The maximum atomic E-state index is 9.60. The van der Waals surface area contributed by atoms with E-state index in [2.05, 4.69) is 5.32 Å². The summed E-state index contributed by atoms with van der Waals surface area (Å²) >= 11 is 0. The topological polar surface area (TPSA) is 50.7 Å². The second-order valence-corrected chi connectivity index (χ2v) is 4.64. The van der Waals surface area contributed by atoms with Crippen LogP contribution in [0.4, 0.5) is 0 Å². The van der Waals surface area contributed by atoms with E-state index in [0.29, 0.717) is 12.3 Å². The third kappa shape index (κ3) is 3.02. The van der Waals surface area contributed by atoms with Gasteiger partial charge in [-0.3, -0.25) is 0 Å². The Morgan fingerprint density at radius 3 is 2.89 bits per heavy atom. The maximum Gasteiger partial charge on any atom is 0.169 e. The molecular weight excluding hydrogens is 230 g/mol. The van der Waals surface area contributed by atoms with Crippen LogP contribution in [0.25, 0.3) is 0 Å². The van der Waals surface area contributed by atoms with Crippen LogP contribution in [0.3, 0.4) is 0 Å². The molecule has 0 radical (unpaired) electrons. The molecule has 1 aromatic rings. The number of rotatable bonds is 5. The minimum Gasteiger partial charge on any atom is -0.508 e. The van der Waals surface area contributed by atoms with Crippen LogP contribution >= 0.6 is 0 Å². The fraction of sp³-hybridized carbons (Fsp3) is 0.571. The van der Waals surface area contributed by atoms with Crippen molar-refractivity contribution < 1.29 is 14.6 Å². The SMILES string of the molecule is COC(CNC1CCCc2ccc(O)cc21)OC. The number of ether oxygens (including phenoxy) is 2. The molecule has 1 atom stereocenters. The van der Waals surface area contributed by atoms with E-state index in [-0.39, 0.29) is 12.3 Å². The highest BCUT2D eigenvalue weighted by Gasteiger charge is 2.21. The predicted molar refractivity (Wildman–Crippen MR) is 69.6 cm³/mol. The number of phenolic OH excluding ortho intramolecular Hbond substituents is 1. The molecule has 0 aliphatic heterocycles. The number of aryl methyl sites for hydroxylation is 1. The number of nitrogens with one attached hydrogen (secondary N) is 1. The summed E-state index contributed by atoms with van der Waals surface area (Å²) in [4.78, 5) is 0. The normalized spacial score (nSPS) is 18.9. The molecule has 0 spiro atoms. The molecule has 1 aliphatic rings. The van der Waals surface area contributed by atoms with E-state index in [4.69, 9.17) is 9.47 Å². The molecule has 0 bridgehead atoms. The van der Waals surface area contributed by atoms with Gasteiger partial charge in [0.2, 0.25) is 0 Å². The second kappa shape index (κ2) is 6.18. The zero-order valence-electron chi connectivity index (χ0n) is 11.0. The predicted octanol–water partition coefficient (Wildman–Crippen LogP) is 1.98. The summed E-state index contributed by atoms with van der Waals surface area (Å²) in [6.45, 7) is 0.646. The van der Waals surface area contributed by atoms with Gasteiger partial charge >= 0.3 is 0 Å². The van der Waals surface area contributed by atoms with Crippen molar-refractivity contribution >= 4 is 0 Å². The van der Waals surface area contributed by atoms with E-state index >= 15 is 0 Å². The number of benzene rings is 1. The third-order valence-electron chi connectivity index (χ3n) is 3.50. The van der Waals surface area contributed by atoms with E-state index in [1.54, 1.807) is 20.3 Å². The van der Waals surface area contributed by atoms with Crippen LogP contribution in [0.1, 0.15) is 30.0 Å². The van der Waals surface area contributed by atoms with Crippen LogP contribution < -0.4 is 5.32 Å². The van der Waals surface area contributed by atoms with Crippen molar-refractivity contribution in [2.45, 2.75) is 31.6 Å². The lowest BCUT2D eigenvalue weighted by Gasteiger charge is -2.28. The van der Waals surface area contributed by atoms with Crippen molar-refractivity contribution in [2.24, 2.45) is 0 Å². The number of phenols is 1. The van der Waals surface area contributed by atoms with Crippen LogP contribution in [0.5, 0.6) is 5.75 Å². The van der Waals surface area contributed by atoms with Gasteiger partial charge in [0.05, 0.1) is 0 Å². The standard InChI is InChI=1S/C14H21NO3/c1-17-14(18-2)9-15-13-5-3-4-10-6-7-11(16)8-12(10)13/h6-8,13-16H,3-5,9H2,1-2H3. The van der Waals surface area contributed by atoms with Gasteiger partial charge in [0.25, 0.3) is 0 Å². The van der Waals surface area contributed by atoms with Crippen molar-refractivity contribution in [3.63, 3.8) is 0 Å². The highest BCUT2D eigenvalue weighted by molar-refractivity contribution is 5.38. The summed E-state index contributed by atoms with van der Waals surface area (Å²) < 4.78 is 10.3. The minimum atomic E-state index is -0.229. The molecule has 1 aromatic carbocycles. The molecule has 18 heavy (non-hydrogen) atoms. The Hall–Kier alpha value is -1.10. The van der Waals surface area contributed by atoms with Gasteiger partial charge in [0.15, 0.2) is 6.29 Å². The first kappa shape index (κ1) is 13.3. The molecule has 1 aliphatic carbocycles.